The Labute approximate surface area is 153 Å². The van der Waals surface area contributed by atoms with Gasteiger partial charge >= 0.3 is 0 Å². The lowest BCUT2D eigenvalue weighted by molar-refractivity contribution is -0.139. The standard InChI is InChI=1S/C18H27N3O3S/c1-5-20(12-15(22)19-18(2,3)4)16(23)13-8-6-10-21(13)17(24)14-9-7-11-25-14/h7,9,11,13H,5-6,8,10,12H2,1-4H3,(H,19,22)/t13-/m0/s1. The normalized spacial score (nSPS) is 17.4. The molecule has 1 N–H and O–H groups in total. The van der Waals surface area contributed by atoms with Crippen LogP contribution in [0.3, 0.4) is 0 Å². The Morgan fingerprint density at radius 3 is 2.64 bits per heavy atom. The Hall–Kier alpha value is -1.89. The van der Waals surface area contributed by atoms with Gasteiger partial charge in [0.05, 0.1) is 11.4 Å². The van der Waals surface area contributed by atoms with Crippen molar-refractivity contribution in [1.29, 1.82) is 0 Å². The fourth-order valence-corrected chi connectivity index (χ4v) is 3.67. The first kappa shape index (κ1) is 19.4. The summed E-state index contributed by atoms with van der Waals surface area (Å²) in [6.45, 7) is 8.60. The Morgan fingerprint density at radius 1 is 1.36 bits per heavy atom. The van der Waals surface area contributed by atoms with Gasteiger partial charge in [-0.2, -0.15) is 0 Å². The van der Waals surface area contributed by atoms with E-state index >= 15 is 0 Å². The summed E-state index contributed by atoms with van der Waals surface area (Å²) in [6.07, 6.45) is 1.45. The molecule has 0 unspecified atom stereocenters. The maximum atomic E-state index is 12.9. The van der Waals surface area contributed by atoms with Crippen molar-refractivity contribution in [1.82, 2.24) is 15.1 Å². The number of nitrogens with one attached hydrogen (secondary N) is 1. The summed E-state index contributed by atoms with van der Waals surface area (Å²) >= 11 is 1.38. The van der Waals surface area contributed by atoms with Crippen molar-refractivity contribution < 1.29 is 14.4 Å². The van der Waals surface area contributed by atoms with Crippen LogP contribution in [0.15, 0.2) is 17.5 Å². The zero-order valence-electron chi connectivity index (χ0n) is 15.4. The molecule has 138 valence electrons. The highest BCUT2D eigenvalue weighted by Crippen LogP contribution is 2.23. The van der Waals surface area contributed by atoms with Crippen molar-refractivity contribution >= 4 is 29.1 Å². The van der Waals surface area contributed by atoms with Gasteiger partial charge < -0.3 is 15.1 Å². The molecule has 0 aromatic carbocycles. The smallest absolute Gasteiger partial charge is 0.264 e. The molecule has 7 heteroatoms. The maximum absolute atomic E-state index is 12.9. The molecule has 1 saturated heterocycles. The van der Waals surface area contributed by atoms with E-state index in [1.807, 2.05) is 39.1 Å². The van der Waals surface area contributed by atoms with Crippen LogP contribution in [-0.4, -0.2) is 58.7 Å². The molecule has 1 fully saturated rings. The third-order valence-corrected chi connectivity index (χ3v) is 4.93. The van der Waals surface area contributed by atoms with E-state index in [1.54, 1.807) is 11.0 Å². The first-order chi connectivity index (χ1) is 11.7. The molecular formula is C18H27N3O3S. The number of hydrogen-bond donors (Lipinski definition) is 1. The van der Waals surface area contributed by atoms with E-state index in [2.05, 4.69) is 5.32 Å². The molecule has 2 heterocycles. The molecule has 1 aromatic rings. The minimum atomic E-state index is -0.475. The van der Waals surface area contributed by atoms with Crippen LogP contribution in [0.1, 0.15) is 50.2 Å². The number of nitrogens with zero attached hydrogens (tertiary/aromatic N) is 2. The number of hydrogen-bond acceptors (Lipinski definition) is 4. The summed E-state index contributed by atoms with van der Waals surface area (Å²) in [7, 11) is 0. The van der Waals surface area contributed by atoms with Crippen LogP contribution in [0.4, 0.5) is 0 Å². The maximum Gasteiger partial charge on any atom is 0.264 e. The fourth-order valence-electron chi connectivity index (χ4n) is 3.00. The van der Waals surface area contributed by atoms with E-state index in [-0.39, 0.29) is 29.8 Å². The van der Waals surface area contributed by atoms with Crippen LogP contribution < -0.4 is 5.32 Å². The second kappa shape index (κ2) is 7.99. The van der Waals surface area contributed by atoms with Gasteiger partial charge in [-0.05, 0) is 52.0 Å². The zero-order chi connectivity index (χ0) is 18.6. The molecule has 0 radical (unpaired) electrons. The third-order valence-electron chi connectivity index (χ3n) is 4.07. The largest absolute Gasteiger partial charge is 0.350 e. The predicted octanol–water partition coefficient (Wildman–Crippen LogP) is 2.12. The monoisotopic (exact) mass is 365 g/mol. The molecule has 0 saturated carbocycles. The van der Waals surface area contributed by atoms with Gasteiger partial charge in [-0.3, -0.25) is 14.4 Å². The minimum absolute atomic E-state index is 0.0180. The molecule has 3 amide bonds. The van der Waals surface area contributed by atoms with Crippen LogP contribution in [0.5, 0.6) is 0 Å². The zero-order valence-corrected chi connectivity index (χ0v) is 16.2. The lowest BCUT2D eigenvalue weighted by atomic mass is 10.1. The van der Waals surface area contributed by atoms with Crippen molar-refractivity contribution in [3.63, 3.8) is 0 Å². The van der Waals surface area contributed by atoms with E-state index in [4.69, 9.17) is 0 Å². The van der Waals surface area contributed by atoms with Crippen LogP contribution in [0.25, 0.3) is 0 Å². The molecule has 2 rings (SSSR count). The van der Waals surface area contributed by atoms with Gasteiger partial charge in [0.25, 0.3) is 5.91 Å². The van der Waals surface area contributed by atoms with Gasteiger partial charge in [0.2, 0.25) is 11.8 Å². The first-order valence-electron chi connectivity index (χ1n) is 8.67. The van der Waals surface area contributed by atoms with Gasteiger partial charge in [0.15, 0.2) is 0 Å². The second-order valence-electron chi connectivity index (χ2n) is 7.28. The predicted molar refractivity (Wildman–Crippen MR) is 98.5 cm³/mol. The van der Waals surface area contributed by atoms with Crippen molar-refractivity contribution in [2.24, 2.45) is 0 Å². The Kier molecular flexibility index (Phi) is 6.21. The molecule has 6 nitrogen and oxygen atoms in total. The molecule has 25 heavy (non-hydrogen) atoms. The number of carbonyl (C=O) groups excluding carboxylic acids is 3. The number of thiophene rings is 1. The molecular weight excluding hydrogens is 338 g/mol. The van der Waals surface area contributed by atoms with Crippen LogP contribution in [-0.2, 0) is 9.59 Å². The average Bonchev–Trinajstić information content (AvgIpc) is 3.20. The summed E-state index contributed by atoms with van der Waals surface area (Å²) in [5, 5.41) is 4.73. The number of carbonyl (C=O) groups is 3. The topological polar surface area (TPSA) is 69.7 Å². The van der Waals surface area contributed by atoms with Crippen molar-refractivity contribution in [2.45, 2.75) is 52.1 Å². The van der Waals surface area contributed by atoms with Crippen molar-refractivity contribution in [3.8, 4) is 0 Å². The minimum Gasteiger partial charge on any atom is -0.350 e. The van der Waals surface area contributed by atoms with E-state index in [0.717, 1.165) is 6.42 Å². The first-order valence-corrected chi connectivity index (χ1v) is 9.55. The summed E-state index contributed by atoms with van der Waals surface area (Å²) in [5.41, 5.74) is -0.339. The highest BCUT2D eigenvalue weighted by Gasteiger charge is 2.37. The summed E-state index contributed by atoms with van der Waals surface area (Å²) < 4.78 is 0. The molecule has 0 spiro atoms. The van der Waals surface area contributed by atoms with Crippen LogP contribution in [0.2, 0.25) is 0 Å². The summed E-state index contributed by atoms with van der Waals surface area (Å²) in [6, 6.07) is 3.14. The molecule has 0 bridgehead atoms. The third kappa shape index (κ3) is 5.04. The molecule has 1 atom stereocenters. The van der Waals surface area contributed by atoms with Crippen molar-refractivity contribution in [2.75, 3.05) is 19.6 Å². The van der Waals surface area contributed by atoms with Gasteiger partial charge in [0.1, 0.15) is 6.04 Å². The fraction of sp³-hybridized carbons (Fsp3) is 0.611. The molecule has 1 aromatic heterocycles. The van der Waals surface area contributed by atoms with E-state index in [0.29, 0.717) is 24.4 Å². The van der Waals surface area contributed by atoms with Crippen molar-refractivity contribution in [3.05, 3.63) is 22.4 Å². The molecule has 1 aliphatic heterocycles. The molecule has 0 aliphatic carbocycles. The van der Waals surface area contributed by atoms with E-state index in [1.165, 1.54) is 16.2 Å². The Balaban J connectivity index is 2.05. The summed E-state index contributed by atoms with van der Waals surface area (Å²) in [4.78, 5) is 41.5. The number of likely N-dealkylation sites (N-methyl/N-ethyl adjacent to an activating group) is 1. The Morgan fingerprint density at radius 2 is 2.08 bits per heavy atom. The second-order valence-corrected chi connectivity index (χ2v) is 8.23. The van der Waals surface area contributed by atoms with Crippen LogP contribution >= 0.6 is 11.3 Å². The lowest BCUT2D eigenvalue weighted by Crippen LogP contribution is -2.52. The number of likely N-dealkylation sites (tertiary alicyclic amines) is 1. The lowest BCUT2D eigenvalue weighted by Gasteiger charge is -2.30. The quantitative estimate of drug-likeness (QED) is 0.869. The van der Waals surface area contributed by atoms with Gasteiger partial charge in [-0.25, -0.2) is 0 Å². The average molecular weight is 365 g/mol. The van der Waals surface area contributed by atoms with E-state index in [9.17, 15) is 14.4 Å². The highest BCUT2D eigenvalue weighted by molar-refractivity contribution is 7.12. The number of amides is 3. The number of rotatable bonds is 5. The Bertz CT molecular complexity index is 622. The molecule has 1 aliphatic rings. The SMILES string of the molecule is CCN(CC(=O)NC(C)(C)C)C(=O)[C@@H]1CCCN1C(=O)c1cccs1. The van der Waals surface area contributed by atoms with Gasteiger partial charge in [0, 0.05) is 18.6 Å². The highest BCUT2D eigenvalue weighted by atomic mass is 32.1. The van der Waals surface area contributed by atoms with E-state index < -0.39 is 6.04 Å². The van der Waals surface area contributed by atoms with Gasteiger partial charge in [-0.15, -0.1) is 11.3 Å². The van der Waals surface area contributed by atoms with Gasteiger partial charge in [-0.1, -0.05) is 6.07 Å². The van der Waals surface area contributed by atoms with Crippen LogP contribution in [0, 0.1) is 0 Å². The summed E-state index contributed by atoms with van der Waals surface area (Å²) in [5.74, 6) is -0.424.